The van der Waals surface area contributed by atoms with Gasteiger partial charge in [0.05, 0.1) is 11.0 Å². The maximum Gasteiger partial charge on any atom is 0.315 e. The van der Waals surface area contributed by atoms with E-state index < -0.39 is 0 Å². The monoisotopic (exact) mass is 302 g/mol. The lowest BCUT2D eigenvalue weighted by molar-refractivity contribution is 0.231. The van der Waals surface area contributed by atoms with Crippen LogP contribution in [0.4, 0.5) is 4.79 Å². The molecule has 1 aromatic carbocycles. The number of aromatic nitrogens is 2. The molecule has 0 fully saturated rings. The average molecular weight is 302 g/mol. The third-order valence-corrected chi connectivity index (χ3v) is 3.44. The normalized spacial score (nSPS) is 12.0. The van der Waals surface area contributed by atoms with E-state index in [9.17, 15) is 4.79 Å². The highest BCUT2D eigenvalue weighted by atomic mass is 16.2. The van der Waals surface area contributed by atoms with Gasteiger partial charge in [-0.15, -0.1) is 0 Å². The number of amides is 2. The Morgan fingerprint density at radius 1 is 1.32 bits per heavy atom. The number of fused-ring (bicyclic) bond motifs is 1. The van der Waals surface area contributed by atoms with Crippen molar-refractivity contribution in [2.75, 3.05) is 0 Å². The molecule has 22 heavy (non-hydrogen) atoms. The molecule has 5 heteroatoms. The zero-order valence-corrected chi connectivity index (χ0v) is 14.3. The summed E-state index contributed by atoms with van der Waals surface area (Å²) < 4.78 is 2.13. The van der Waals surface area contributed by atoms with Gasteiger partial charge in [-0.3, -0.25) is 0 Å². The summed E-state index contributed by atoms with van der Waals surface area (Å²) in [7, 11) is 2.04. The van der Waals surface area contributed by atoms with Gasteiger partial charge in [0.15, 0.2) is 0 Å². The molecule has 1 aromatic heterocycles. The Morgan fingerprint density at radius 3 is 2.59 bits per heavy atom. The van der Waals surface area contributed by atoms with Gasteiger partial charge in [-0.25, -0.2) is 9.78 Å². The fraction of sp³-hybridized carbons (Fsp3) is 0.529. The first-order valence-corrected chi connectivity index (χ1v) is 7.68. The number of carbonyl (C=O) groups excluding carboxylic acids is 1. The first-order valence-electron chi connectivity index (χ1n) is 7.68. The Kier molecular flexibility index (Phi) is 4.44. The number of nitrogens with one attached hydrogen (secondary N) is 2. The van der Waals surface area contributed by atoms with Crippen LogP contribution in [0.1, 0.15) is 51.9 Å². The van der Waals surface area contributed by atoms with Crippen molar-refractivity contribution < 1.29 is 4.79 Å². The van der Waals surface area contributed by atoms with Crippen molar-refractivity contribution >= 4 is 17.1 Å². The van der Waals surface area contributed by atoms with Gasteiger partial charge >= 0.3 is 6.03 Å². The second-order valence-electron chi connectivity index (χ2n) is 7.06. The van der Waals surface area contributed by atoms with Crippen molar-refractivity contribution in [1.29, 1.82) is 0 Å². The Bertz CT molecular complexity index is 680. The lowest BCUT2D eigenvalue weighted by atomic mass is 10.1. The molecule has 0 spiro atoms. The third kappa shape index (κ3) is 3.78. The summed E-state index contributed by atoms with van der Waals surface area (Å²) in [6.07, 6.45) is 0. The number of hydrogen-bond acceptors (Lipinski definition) is 2. The van der Waals surface area contributed by atoms with Gasteiger partial charge in [-0.05, 0) is 38.5 Å². The highest BCUT2D eigenvalue weighted by Crippen LogP contribution is 2.21. The lowest BCUT2D eigenvalue weighted by Gasteiger charge is -2.20. The van der Waals surface area contributed by atoms with Gasteiger partial charge in [0, 0.05) is 25.0 Å². The molecule has 2 N–H and O–H groups in total. The van der Waals surface area contributed by atoms with Crippen LogP contribution in [0, 0.1) is 0 Å². The number of rotatable bonds is 3. The molecule has 0 aliphatic heterocycles. The first-order chi connectivity index (χ1) is 10.2. The Balaban J connectivity index is 2.12. The van der Waals surface area contributed by atoms with Gasteiger partial charge in [0.2, 0.25) is 0 Å². The van der Waals surface area contributed by atoms with E-state index in [1.165, 1.54) is 0 Å². The van der Waals surface area contributed by atoms with E-state index >= 15 is 0 Å². The van der Waals surface area contributed by atoms with Crippen LogP contribution in [-0.2, 0) is 13.6 Å². The largest absolute Gasteiger partial charge is 0.334 e. The van der Waals surface area contributed by atoms with Crippen molar-refractivity contribution in [3.8, 4) is 0 Å². The minimum atomic E-state index is -0.235. The molecule has 2 amide bonds. The quantitative estimate of drug-likeness (QED) is 0.914. The Morgan fingerprint density at radius 2 is 2.00 bits per heavy atom. The second kappa shape index (κ2) is 5.99. The number of urea groups is 1. The van der Waals surface area contributed by atoms with E-state index in [2.05, 4.69) is 35.1 Å². The maximum atomic E-state index is 11.8. The van der Waals surface area contributed by atoms with E-state index in [-0.39, 0.29) is 11.6 Å². The second-order valence-corrected chi connectivity index (χ2v) is 7.06. The van der Waals surface area contributed by atoms with Crippen molar-refractivity contribution in [3.05, 3.63) is 29.6 Å². The minimum absolute atomic E-state index is 0.156. The SMILES string of the molecule is CC(C)c1nc2cc(CNC(=O)NC(C)(C)C)ccc2n1C. The summed E-state index contributed by atoms with van der Waals surface area (Å²) in [5, 5.41) is 5.76. The summed E-state index contributed by atoms with van der Waals surface area (Å²) in [5.41, 5.74) is 2.90. The molecule has 0 radical (unpaired) electrons. The summed E-state index contributed by atoms with van der Waals surface area (Å²) in [4.78, 5) is 16.5. The van der Waals surface area contributed by atoms with E-state index in [1.807, 2.05) is 40.0 Å². The molecule has 0 saturated heterocycles. The number of hydrogen-bond donors (Lipinski definition) is 2. The minimum Gasteiger partial charge on any atom is -0.334 e. The van der Waals surface area contributed by atoms with Gasteiger partial charge in [0.1, 0.15) is 5.82 Å². The Labute approximate surface area is 132 Å². The van der Waals surface area contributed by atoms with E-state index in [1.54, 1.807) is 0 Å². The van der Waals surface area contributed by atoms with E-state index in [4.69, 9.17) is 4.98 Å². The molecule has 0 aliphatic carbocycles. The highest BCUT2D eigenvalue weighted by molar-refractivity contribution is 5.78. The molecule has 0 atom stereocenters. The molecule has 1 heterocycles. The topological polar surface area (TPSA) is 59.0 Å². The van der Waals surface area contributed by atoms with Gasteiger partial charge < -0.3 is 15.2 Å². The van der Waals surface area contributed by atoms with E-state index in [0.29, 0.717) is 12.5 Å². The zero-order valence-electron chi connectivity index (χ0n) is 14.3. The highest BCUT2D eigenvalue weighted by Gasteiger charge is 2.14. The molecule has 0 saturated carbocycles. The number of nitrogens with zero attached hydrogens (tertiary/aromatic N) is 2. The fourth-order valence-corrected chi connectivity index (χ4v) is 2.46. The molecule has 0 bridgehead atoms. The Hall–Kier alpha value is -2.04. The van der Waals surface area contributed by atoms with Gasteiger partial charge in [-0.2, -0.15) is 0 Å². The smallest absolute Gasteiger partial charge is 0.315 e. The summed E-state index contributed by atoms with van der Waals surface area (Å²) in [5.74, 6) is 1.46. The van der Waals surface area contributed by atoms with Crippen LogP contribution in [0.3, 0.4) is 0 Å². The first kappa shape index (κ1) is 16.3. The predicted octanol–water partition coefficient (Wildman–Crippen LogP) is 3.29. The number of carbonyl (C=O) groups is 1. The van der Waals surface area contributed by atoms with Crippen molar-refractivity contribution in [1.82, 2.24) is 20.2 Å². The van der Waals surface area contributed by atoms with Crippen molar-refractivity contribution in [2.24, 2.45) is 7.05 Å². The van der Waals surface area contributed by atoms with Crippen LogP contribution in [0.15, 0.2) is 18.2 Å². The predicted molar refractivity (Wildman–Crippen MR) is 89.9 cm³/mol. The van der Waals surface area contributed by atoms with E-state index in [0.717, 1.165) is 22.4 Å². The lowest BCUT2D eigenvalue weighted by Crippen LogP contribution is -2.46. The van der Waals surface area contributed by atoms with Crippen LogP contribution >= 0.6 is 0 Å². The van der Waals surface area contributed by atoms with Crippen molar-refractivity contribution in [2.45, 2.75) is 52.6 Å². The molecule has 0 unspecified atom stereocenters. The number of imidazole rings is 1. The number of benzene rings is 1. The van der Waals surface area contributed by atoms with Crippen LogP contribution in [0.2, 0.25) is 0 Å². The molecule has 2 aromatic rings. The van der Waals surface area contributed by atoms with Crippen molar-refractivity contribution in [3.63, 3.8) is 0 Å². The zero-order chi connectivity index (χ0) is 16.5. The molecule has 0 aliphatic rings. The maximum absolute atomic E-state index is 11.8. The summed E-state index contributed by atoms with van der Waals surface area (Å²) in [6.45, 7) is 10.6. The van der Waals surface area contributed by atoms with Gasteiger partial charge in [0.25, 0.3) is 0 Å². The third-order valence-electron chi connectivity index (χ3n) is 3.44. The molecule has 2 rings (SSSR count). The summed E-state index contributed by atoms with van der Waals surface area (Å²) in [6, 6.07) is 5.98. The molecular formula is C17H26N4O. The van der Waals surface area contributed by atoms with Crippen LogP contribution < -0.4 is 10.6 Å². The van der Waals surface area contributed by atoms with Crippen LogP contribution in [-0.4, -0.2) is 21.1 Å². The standard InChI is InChI=1S/C17H26N4O/c1-11(2)15-19-13-9-12(7-8-14(13)21(15)6)10-18-16(22)20-17(3,4)5/h7-9,11H,10H2,1-6H3,(H2,18,20,22). The van der Waals surface area contributed by atoms with Crippen LogP contribution in [0.25, 0.3) is 11.0 Å². The van der Waals surface area contributed by atoms with Gasteiger partial charge in [-0.1, -0.05) is 19.9 Å². The summed E-state index contributed by atoms with van der Waals surface area (Å²) >= 11 is 0. The molecule has 5 nitrogen and oxygen atoms in total. The molecule has 120 valence electrons. The average Bonchev–Trinajstić information content (AvgIpc) is 2.72. The van der Waals surface area contributed by atoms with Crippen LogP contribution in [0.5, 0.6) is 0 Å². The fourth-order valence-electron chi connectivity index (χ4n) is 2.46. The molecular weight excluding hydrogens is 276 g/mol. The number of aryl methyl sites for hydroxylation is 1.